The molecule has 0 aliphatic carbocycles. The predicted octanol–water partition coefficient (Wildman–Crippen LogP) is 2.80. The van der Waals surface area contributed by atoms with Crippen molar-refractivity contribution in [1.82, 2.24) is 15.3 Å². The Kier molecular flexibility index (Phi) is 4.69. The normalized spacial score (nSPS) is 12.2. The number of hydrogen-bond donors (Lipinski definition) is 1. The number of hydrogen-bond acceptors (Lipinski definition) is 4. The zero-order valence-corrected chi connectivity index (χ0v) is 12.5. The maximum Gasteiger partial charge on any atom is 0.127 e. The summed E-state index contributed by atoms with van der Waals surface area (Å²) in [5.74, 6) is 0.930. The summed E-state index contributed by atoms with van der Waals surface area (Å²) in [5, 5.41) is 3.48. The average molecular weight is 271 g/mol. The van der Waals surface area contributed by atoms with Gasteiger partial charge in [-0.3, -0.25) is 0 Å². The lowest BCUT2D eigenvalue weighted by Gasteiger charge is -2.22. The van der Waals surface area contributed by atoms with Crippen LogP contribution in [0, 0.1) is 13.8 Å². The van der Waals surface area contributed by atoms with E-state index in [1.165, 1.54) is 11.1 Å². The summed E-state index contributed by atoms with van der Waals surface area (Å²) < 4.78 is 5.62. The van der Waals surface area contributed by atoms with Crippen LogP contribution >= 0.6 is 0 Å². The maximum atomic E-state index is 5.62. The first-order valence-corrected chi connectivity index (χ1v) is 6.81. The van der Waals surface area contributed by atoms with Gasteiger partial charge in [0.15, 0.2) is 0 Å². The maximum absolute atomic E-state index is 5.62. The highest BCUT2D eigenvalue weighted by Crippen LogP contribution is 2.33. The molecule has 106 valence electrons. The molecule has 1 atom stereocenters. The molecule has 0 saturated carbocycles. The van der Waals surface area contributed by atoms with Crippen LogP contribution in [0.1, 0.15) is 35.2 Å². The van der Waals surface area contributed by atoms with Gasteiger partial charge in [0, 0.05) is 23.5 Å². The van der Waals surface area contributed by atoms with Gasteiger partial charge in [-0.25, -0.2) is 9.97 Å². The summed E-state index contributed by atoms with van der Waals surface area (Å²) in [4.78, 5) is 8.23. The molecule has 0 aliphatic heterocycles. The van der Waals surface area contributed by atoms with Crippen LogP contribution < -0.4 is 10.1 Å². The van der Waals surface area contributed by atoms with Gasteiger partial charge in [0.05, 0.1) is 13.2 Å². The number of aromatic nitrogens is 2. The lowest BCUT2D eigenvalue weighted by molar-refractivity contribution is 0.400. The number of nitrogens with one attached hydrogen (secondary N) is 1. The second-order valence-corrected chi connectivity index (χ2v) is 4.79. The van der Waals surface area contributed by atoms with Gasteiger partial charge in [-0.2, -0.15) is 0 Å². The number of aryl methyl sites for hydroxylation is 1. The van der Waals surface area contributed by atoms with Crippen LogP contribution in [0.3, 0.4) is 0 Å². The number of rotatable bonds is 5. The monoisotopic (exact) mass is 271 g/mol. The minimum atomic E-state index is 0.0375. The Morgan fingerprint density at radius 2 is 1.90 bits per heavy atom. The third kappa shape index (κ3) is 2.80. The number of nitrogens with zero attached hydrogens (tertiary/aromatic N) is 2. The fourth-order valence-electron chi connectivity index (χ4n) is 2.38. The Labute approximate surface area is 120 Å². The summed E-state index contributed by atoms with van der Waals surface area (Å²) >= 11 is 0. The molecule has 0 saturated heterocycles. The van der Waals surface area contributed by atoms with Crippen LogP contribution in [-0.4, -0.2) is 23.6 Å². The van der Waals surface area contributed by atoms with Crippen molar-refractivity contribution in [2.24, 2.45) is 0 Å². The van der Waals surface area contributed by atoms with Gasteiger partial charge in [0.25, 0.3) is 0 Å². The molecule has 0 bridgehead atoms. The summed E-state index contributed by atoms with van der Waals surface area (Å²) in [7, 11) is 1.72. The van der Waals surface area contributed by atoms with E-state index in [0.29, 0.717) is 0 Å². The van der Waals surface area contributed by atoms with Crippen LogP contribution in [0.15, 0.2) is 30.9 Å². The quantitative estimate of drug-likeness (QED) is 0.908. The first kappa shape index (κ1) is 14.5. The minimum absolute atomic E-state index is 0.0375. The molecule has 0 aliphatic rings. The smallest absolute Gasteiger partial charge is 0.127 e. The minimum Gasteiger partial charge on any atom is -0.496 e. The van der Waals surface area contributed by atoms with Crippen LogP contribution in [0.5, 0.6) is 5.75 Å². The van der Waals surface area contributed by atoms with Crippen molar-refractivity contribution in [2.75, 3.05) is 13.7 Å². The largest absolute Gasteiger partial charge is 0.496 e. The Morgan fingerprint density at radius 1 is 1.20 bits per heavy atom. The highest BCUT2D eigenvalue weighted by atomic mass is 16.5. The lowest BCUT2D eigenvalue weighted by Crippen LogP contribution is -2.23. The molecule has 0 radical (unpaired) electrons. The van der Waals surface area contributed by atoms with Gasteiger partial charge in [-0.15, -0.1) is 0 Å². The zero-order chi connectivity index (χ0) is 14.5. The van der Waals surface area contributed by atoms with E-state index in [-0.39, 0.29) is 6.04 Å². The van der Waals surface area contributed by atoms with E-state index in [0.717, 1.165) is 23.4 Å². The number of methoxy groups -OCH3 is 1. The molecule has 1 unspecified atom stereocenters. The fraction of sp³-hybridized carbons (Fsp3) is 0.375. The second-order valence-electron chi connectivity index (χ2n) is 4.79. The number of benzene rings is 1. The molecule has 2 rings (SSSR count). The van der Waals surface area contributed by atoms with Crippen molar-refractivity contribution in [3.63, 3.8) is 0 Å². The van der Waals surface area contributed by atoms with Crippen molar-refractivity contribution < 1.29 is 4.74 Å². The van der Waals surface area contributed by atoms with Gasteiger partial charge in [0.1, 0.15) is 12.1 Å². The summed E-state index contributed by atoms with van der Waals surface area (Å²) in [6.07, 6.45) is 5.23. The average Bonchev–Trinajstić information content (AvgIpc) is 2.48. The summed E-state index contributed by atoms with van der Waals surface area (Å²) in [6.45, 7) is 7.12. The molecular formula is C16H21N3O. The van der Waals surface area contributed by atoms with Crippen molar-refractivity contribution >= 4 is 0 Å². The van der Waals surface area contributed by atoms with E-state index in [4.69, 9.17) is 4.74 Å². The van der Waals surface area contributed by atoms with Crippen molar-refractivity contribution in [2.45, 2.75) is 26.8 Å². The van der Waals surface area contributed by atoms with Gasteiger partial charge >= 0.3 is 0 Å². The Morgan fingerprint density at radius 3 is 2.50 bits per heavy atom. The van der Waals surface area contributed by atoms with Crippen molar-refractivity contribution in [3.05, 3.63) is 53.1 Å². The standard InChI is InChI=1S/C16H21N3O/c1-5-19-15(13-8-17-10-18-9-13)14-7-6-11(2)12(3)16(14)20-4/h6-10,15,19H,5H2,1-4H3. The molecule has 1 heterocycles. The summed E-state index contributed by atoms with van der Waals surface area (Å²) in [5.41, 5.74) is 4.55. The third-order valence-corrected chi connectivity index (χ3v) is 3.54. The molecule has 1 aromatic heterocycles. The first-order chi connectivity index (χ1) is 9.69. The molecule has 4 heteroatoms. The van der Waals surface area contributed by atoms with Gasteiger partial charge in [0.2, 0.25) is 0 Å². The van der Waals surface area contributed by atoms with Crippen LogP contribution in [0.25, 0.3) is 0 Å². The fourth-order valence-corrected chi connectivity index (χ4v) is 2.38. The highest BCUT2D eigenvalue weighted by Gasteiger charge is 2.19. The molecular weight excluding hydrogens is 250 g/mol. The SMILES string of the molecule is CCNC(c1cncnc1)c1ccc(C)c(C)c1OC. The van der Waals surface area contributed by atoms with E-state index in [9.17, 15) is 0 Å². The number of ether oxygens (including phenoxy) is 1. The predicted molar refractivity (Wildman–Crippen MR) is 80.0 cm³/mol. The van der Waals surface area contributed by atoms with Crippen LogP contribution in [0.4, 0.5) is 0 Å². The van der Waals surface area contributed by atoms with E-state index in [2.05, 4.69) is 48.2 Å². The molecule has 1 aromatic carbocycles. The Balaban J connectivity index is 2.53. The zero-order valence-electron chi connectivity index (χ0n) is 12.5. The van der Waals surface area contributed by atoms with Crippen LogP contribution in [0.2, 0.25) is 0 Å². The first-order valence-electron chi connectivity index (χ1n) is 6.81. The summed E-state index contributed by atoms with van der Waals surface area (Å²) in [6, 6.07) is 4.28. The lowest BCUT2D eigenvalue weighted by atomic mass is 9.95. The van der Waals surface area contributed by atoms with Crippen molar-refractivity contribution in [1.29, 1.82) is 0 Å². The van der Waals surface area contributed by atoms with E-state index in [1.54, 1.807) is 13.4 Å². The van der Waals surface area contributed by atoms with Crippen molar-refractivity contribution in [3.8, 4) is 5.75 Å². The topological polar surface area (TPSA) is 47.0 Å². The molecule has 2 aromatic rings. The molecule has 20 heavy (non-hydrogen) atoms. The molecule has 0 fully saturated rings. The third-order valence-electron chi connectivity index (χ3n) is 3.54. The highest BCUT2D eigenvalue weighted by molar-refractivity contribution is 5.49. The van der Waals surface area contributed by atoms with Gasteiger partial charge in [-0.05, 0) is 31.5 Å². The Hall–Kier alpha value is -1.94. The molecule has 0 spiro atoms. The Bertz CT molecular complexity index is 569. The van der Waals surface area contributed by atoms with E-state index in [1.807, 2.05) is 12.4 Å². The van der Waals surface area contributed by atoms with Gasteiger partial charge < -0.3 is 10.1 Å². The second kappa shape index (κ2) is 6.48. The van der Waals surface area contributed by atoms with E-state index >= 15 is 0 Å². The van der Waals surface area contributed by atoms with Crippen LogP contribution in [-0.2, 0) is 0 Å². The molecule has 1 N–H and O–H groups in total. The molecule has 4 nitrogen and oxygen atoms in total. The molecule has 0 amide bonds. The van der Waals surface area contributed by atoms with Gasteiger partial charge in [-0.1, -0.05) is 19.1 Å². The van der Waals surface area contributed by atoms with E-state index < -0.39 is 0 Å².